The predicted octanol–water partition coefficient (Wildman–Crippen LogP) is 1.37. The summed E-state index contributed by atoms with van der Waals surface area (Å²) in [5, 5.41) is -1.11. The monoisotopic (exact) mass is 402 g/mol. The van der Waals surface area contributed by atoms with E-state index in [1.165, 1.54) is 0 Å². The minimum Gasteiger partial charge on any atom is -0.748 e. The van der Waals surface area contributed by atoms with Gasteiger partial charge in [0.2, 0.25) is 0 Å². The summed E-state index contributed by atoms with van der Waals surface area (Å²) in [7, 11) is -4.41. The topological polar surface area (TPSA) is 75.7 Å². The third-order valence-electron chi connectivity index (χ3n) is 4.81. The predicted molar refractivity (Wildman–Crippen MR) is 102 cm³/mol. The molecule has 7 heteroatoms. The first-order chi connectivity index (χ1) is 11.9. The zero-order chi connectivity index (χ0) is 19.1. The van der Waals surface area contributed by atoms with E-state index in [-0.39, 0.29) is 42.8 Å². The Balaban J connectivity index is 0. The SMILES string of the molecule is CCCCC(CC)COCC(COCC(CC)CCCC)S(=O)(=O)[O-].[Na+]. The van der Waals surface area contributed by atoms with Crippen molar-refractivity contribution in [2.75, 3.05) is 26.4 Å². The molecule has 0 bridgehead atoms. The first-order valence-corrected chi connectivity index (χ1v) is 11.5. The Kier molecular flexibility index (Phi) is 20.0. The van der Waals surface area contributed by atoms with Crippen LogP contribution < -0.4 is 29.6 Å². The van der Waals surface area contributed by atoms with Crippen molar-refractivity contribution < 1.29 is 52.0 Å². The summed E-state index contributed by atoms with van der Waals surface area (Å²) in [5.74, 6) is 0.851. The van der Waals surface area contributed by atoms with Gasteiger partial charge in [0.15, 0.2) is 0 Å². The second-order valence-electron chi connectivity index (χ2n) is 7.02. The van der Waals surface area contributed by atoms with Crippen molar-refractivity contribution in [1.29, 1.82) is 0 Å². The van der Waals surface area contributed by atoms with Gasteiger partial charge in [-0.05, 0) is 24.7 Å². The standard InChI is InChI=1S/C19H40O5S.Na/c1-5-9-11-17(7-3)13-23-15-19(25(20,21)22)16-24-14-18(8-4)12-10-6-2;/h17-19H,5-16H2,1-4H3,(H,20,21,22);/q;+1/p-1. The summed E-state index contributed by atoms with van der Waals surface area (Å²) in [6.45, 7) is 9.39. The molecule has 26 heavy (non-hydrogen) atoms. The normalized spacial score (nSPS) is 15.3. The van der Waals surface area contributed by atoms with Crippen LogP contribution in [-0.4, -0.2) is 44.6 Å². The Hall–Kier alpha value is 0.830. The molecule has 0 spiro atoms. The maximum absolute atomic E-state index is 11.5. The molecule has 0 aliphatic heterocycles. The van der Waals surface area contributed by atoms with Gasteiger partial charge in [-0.3, -0.25) is 0 Å². The van der Waals surface area contributed by atoms with Gasteiger partial charge in [-0.25, -0.2) is 8.42 Å². The van der Waals surface area contributed by atoms with Crippen molar-refractivity contribution >= 4 is 10.1 Å². The molecule has 0 aliphatic carbocycles. The van der Waals surface area contributed by atoms with Gasteiger partial charge in [0.1, 0.15) is 10.1 Å². The second-order valence-corrected chi connectivity index (χ2v) is 8.67. The van der Waals surface area contributed by atoms with Gasteiger partial charge in [-0.2, -0.15) is 0 Å². The Morgan fingerprint density at radius 1 is 0.769 bits per heavy atom. The maximum Gasteiger partial charge on any atom is 1.00 e. The fraction of sp³-hybridized carbons (Fsp3) is 1.00. The van der Waals surface area contributed by atoms with Crippen molar-refractivity contribution in [2.45, 2.75) is 84.3 Å². The fourth-order valence-corrected chi connectivity index (χ4v) is 3.27. The molecule has 0 saturated heterocycles. The van der Waals surface area contributed by atoms with E-state index in [1.807, 2.05) is 0 Å². The summed E-state index contributed by atoms with van der Waals surface area (Å²) in [6.07, 6.45) is 8.72. The Morgan fingerprint density at radius 2 is 1.15 bits per heavy atom. The van der Waals surface area contributed by atoms with E-state index in [4.69, 9.17) is 9.47 Å². The van der Waals surface area contributed by atoms with Crippen LogP contribution in [0.25, 0.3) is 0 Å². The molecule has 0 aromatic heterocycles. The fourth-order valence-electron chi connectivity index (χ4n) is 2.74. The third-order valence-corrected chi connectivity index (χ3v) is 5.90. The molecule has 5 nitrogen and oxygen atoms in total. The Morgan fingerprint density at radius 3 is 1.42 bits per heavy atom. The minimum atomic E-state index is -4.41. The first-order valence-electron chi connectivity index (χ1n) is 9.98. The molecule has 152 valence electrons. The van der Waals surface area contributed by atoms with Crippen LogP contribution in [0.15, 0.2) is 0 Å². The average Bonchev–Trinajstić information content (AvgIpc) is 2.58. The van der Waals surface area contributed by atoms with Gasteiger partial charge < -0.3 is 14.0 Å². The van der Waals surface area contributed by atoms with E-state index in [1.54, 1.807) is 0 Å². The molecule has 0 heterocycles. The van der Waals surface area contributed by atoms with E-state index < -0.39 is 15.4 Å². The van der Waals surface area contributed by atoms with Crippen molar-refractivity contribution in [3.63, 3.8) is 0 Å². The van der Waals surface area contributed by atoms with E-state index in [0.717, 1.165) is 51.4 Å². The number of ether oxygens (including phenoxy) is 2. The number of rotatable bonds is 17. The van der Waals surface area contributed by atoms with E-state index in [2.05, 4.69) is 27.7 Å². The van der Waals surface area contributed by atoms with Crippen LogP contribution in [0, 0.1) is 11.8 Å². The molecule has 0 rings (SSSR count). The summed E-state index contributed by atoms with van der Waals surface area (Å²) in [5.41, 5.74) is 0. The zero-order valence-corrected chi connectivity index (χ0v) is 20.5. The molecular formula is C19H39NaO5S. The molecule has 0 aliphatic rings. The largest absolute Gasteiger partial charge is 1.00 e. The summed E-state index contributed by atoms with van der Waals surface area (Å²) >= 11 is 0. The molecule has 0 amide bonds. The number of hydrogen-bond acceptors (Lipinski definition) is 5. The zero-order valence-electron chi connectivity index (χ0n) is 17.7. The molecular weight excluding hydrogens is 363 g/mol. The van der Waals surface area contributed by atoms with E-state index in [9.17, 15) is 13.0 Å². The van der Waals surface area contributed by atoms with Crippen molar-refractivity contribution in [2.24, 2.45) is 11.8 Å². The smallest absolute Gasteiger partial charge is 0.748 e. The molecule has 0 radical (unpaired) electrons. The van der Waals surface area contributed by atoms with E-state index in [0.29, 0.717) is 25.0 Å². The summed E-state index contributed by atoms with van der Waals surface area (Å²) in [4.78, 5) is 0. The van der Waals surface area contributed by atoms with Gasteiger partial charge >= 0.3 is 29.6 Å². The van der Waals surface area contributed by atoms with Crippen molar-refractivity contribution in [3.05, 3.63) is 0 Å². The Labute approximate surface area is 184 Å². The van der Waals surface area contributed by atoms with Gasteiger partial charge in [-0.1, -0.05) is 66.2 Å². The third kappa shape index (κ3) is 14.8. The molecule has 0 N–H and O–H groups in total. The summed E-state index contributed by atoms with van der Waals surface area (Å²) in [6, 6.07) is 0. The van der Waals surface area contributed by atoms with E-state index >= 15 is 0 Å². The molecule has 0 saturated carbocycles. The summed E-state index contributed by atoms with van der Waals surface area (Å²) < 4.78 is 45.5. The number of unbranched alkanes of at least 4 members (excludes halogenated alkanes) is 2. The molecule has 0 aromatic rings. The molecule has 0 aromatic carbocycles. The van der Waals surface area contributed by atoms with Crippen LogP contribution in [0.2, 0.25) is 0 Å². The van der Waals surface area contributed by atoms with Crippen molar-refractivity contribution in [3.8, 4) is 0 Å². The van der Waals surface area contributed by atoms with Gasteiger partial charge in [-0.15, -0.1) is 0 Å². The minimum absolute atomic E-state index is 0. The van der Waals surface area contributed by atoms with Crippen LogP contribution in [0.5, 0.6) is 0 Å². The molecule has 2 unspecified atom stereocenters. The van der Waals surface area contributed by atoms with Crippen molar-refractivity contribution in [1.82, 2.24) is 0 Å². The van der Waals surface area contributed by atoms with Crippen LogP contribution in [-0.2, 0) is 19.6 Å². The maximum atomic E-state index is 11.5. The van der Waals surface area contributed by atoms with Crippen LogP contribution in [0.1, 0.15) is 79.1 Å². The second kappa shape index (κ2) is 17.9. The Bertz CT molecular complexity index is 381. The molecule has 0 fully saturated rings. The number of hydrogen-bond donors (Lipinski definition) is 0. The first kappa shape index (κ1) is 29.0. The quantitative estimate of drug-likeness (QED) is 0.271. The van der Waals surface area contributed by atoms with Crippen LogP contribution >= 0.6 is 0 Å². The molecule has 2 atom stereocenters. The van der Waals surface area contributed by atoms with Gasteiger partial charge in [0, 0.05) is 13.2 Å². The van der Waals surface area contributed by atoms with Crippen LogP contribution in [0.4, 0.5) is 0 Å². The van der Waals surface area contributed by atoms with Gasteiger partial charge in [0.05, 0.1) is 18.5 Å². The van der Waals surface area contributed by atoms with Gasteiger partial charge in [0.25, 0.3) is 0 Å². The average molecular weight is 403 g/mol. The van der Waals surface area contributed by atoms with Crippen LogP contribution in [0.3, 0.4) is 0 Å².